The minimum absolute atomic E-state index is 0.0174. The molecule has 0 aliphatic carbocycles. The number of halogens is 1. The maximum absolute atomic E-state index is 13.5. The lowest BCUT2D eigenvalue weighted by Crippen LogP contribution is -2.14. The second-order valence-corrected chi connectivity index (χ2v) is 5.57. The Hall–Kier alpha value is -0.370. The second-order valence-electron chi connectivity index (χ2n) is 4.74. The monoisotopic (exact) mass is 200 g/mol. The number of hydrogen-bond acceptors (Lipinski definition) is 1. The maximum atomic E-state index is 13.5. The molecule has 74 valence electrons. The van der Waals surface area contributed by atoms with Crippen molar-refractivity contribution in [3.05, 3.63) is 21.6 Å². The van der Waals surface area contributed by atoms with Gasteiger partial charge in [0.05, 0.1) is 0 Å². The SMILES string of the molecule is CC(C)c1csc(F)c1C(C)(C)C. The molecule has 0 saturated carbocycles. The highest BCUT2D eigenvalue weighted by Gasteiger charge is 2.25. The Labute approximate surface area is 83.8 Å². The molecule has 0 nitrogen and oxygen atoms in total. The lowest BCUT2D eigenvalue weighted by atomic mass is 9.83. The van der Waals surface area contributed by atoms with Gasteiger partial charge in [0.25, 0.3) is 0 Å². The normalized spacial score (nSPS) is 12.5. The van der Waals surface area contributed by atoms with Crippen LogP contribution < -0.4 is 0 Å². The summed E-state index contributed by atoms with van der Waals surface area (Å²) in [6.07, 6.45) is 0. The number of rotatable bonds is 1. The van der Waals surface area contributed by atoms with Gasteiger partial charge in [0.15, 0.2) is 5.13 Å². The van der Waals surface area contributed by atoms with E-state index in [1.165, 1.54) is 11.3 Å². The molecule has 0 fully saturated rings. The molecule has 0 bridgehead atoms. The van der Waals surface area contributed by atoms with Gasteiger partial charge in [-0.1, -0.05) is 34.6 Å². The second kappa shape index (κ2) is 3.41. The quantitative estimate of drug-likeness (QED) is 0.633. The number of hydrogen-bond donors (Lipinski definition) is 0. The molecule has 0 atom stereocenters. The van der Waals surface area contributed by atoms with Crippen LogP contribution >= 0.6 is 11.3 Å². The molecule has 0 radical (unpaired) electrons. The fraction of sp³-hybridized carbons (Fsp3) is 0.636. The van der Waals surface area contributed by atoms with Crippen LogP contribution in [0.4, 0.5) is 4.39 Å². The minimum atomic E-state index is -0.0797. The summed E-state index contributed by atoms with van der Waals surface area (Å²) in [7, 11) is 0. The Balaban J connectivity index is 3.25. The summed E-state index contributed by atoms with van der Waals surface area (Å²) in [5.74, 6) is 0.412. The molecule has 0 aliphatic rings. The molecule has 0 saturated heterocycles. The van der Waals surface area contributed by atoms with Crippen molar-refractivity contribution in [1.82, 2.24) is 0 Å². The van der Waals surface area contributed by atoms with E-state index < -0.39 is 0 Å². The molecule has 13 heavy (non-hydrogen) atoms. The van der Waals surface area contributed by atoms with Gasteiger partial charge in [-0.15, -0.1) is 11.3 Å². The highest BCUT2D eigenvalue weighted by molar-refractivity contribution is 7.08. The molecule has 1 aromatic rings. The molecule has 1 heterocycles. The van der Waals surface area contributed by atoms with Crippen LogP contribution in [0.5, 0.6) is 0 Å². The van der Waals surface area contributed by atoms with Gasteiger partial charge in [-0.2, -0.15) is 4.39 Å². The third-order valence-corrected chi connectivity index (χ3v) is 2.93. The van der Waals surface area contributed by atoms with Gasteiger partial charge in [-0.3, -0.25) is 0 Å². The molecule has 0 spiro atoms. The van der Waals surface area contributed by atoms with Crippen LogP contribution in [0.15, 0.2) is 5.38 Å². The summed E-state index contributed by atoms with van der Waals surface area (Å²) in [5.41, 5.74) is 1.98. The summed E-state index contributed by atoms with van der Waals surface area (Å²) in [5, 5.41) is 1.93. The van der Waals surface area contributed by atoms with E-state index in [9.17, 15) is 4.39 Å². The fourth-order valence-corrected chi connectivity index (χ4v) is 2.66. The third-order valence-electron chi connectivity index (χ3n) is 2.15. The van der Waals surface area contributed by atoms with E-state index >= 15 is 0 Å². The van der Waals surface area contributed by atoms with Crippen LogP contribution in [0.25, 0.3) is 0 Å². The first kappa shape index (κ1) is 10.7. The van der Waals surface area contributed by atoms with Gasteiger partial charge in [0, 0.05) is 5.56 Å². The van der Waals surface area contributed by atoms with Crippen molar-refractivity contribution < 1.29 is 4.39 Å². The van der Waals surface area contributed by atoms with Gasteiger partial charge in [0.1, 0.15) is 0 Å². The summed E-state index contributed by atoms with van der Waals surface area (Å²) >= 11 is 1.22. The van der Waals surface area contributed by atoms with Crippen molar-refractivity contribution in [2.75, 3.05) is 0 Å². The molecule has 0 N–H and O–H groups in total. The predicted molar refractivity (Wildman–Crippen MR) is 57.1 cm³/mol. The molecule has 2 heteroatoms. The Bertz CT molecular complexity index is 292. The summed E-state index contributed by atoms with van der Waals surface area (Å²) < 4.78 is 13.5. The first-order valence-electron chi connectivity index (χ1n) is 4.61. The topological polar surface area (TPSA) is 0 Å². The van der Waals surface area contributed by atoms with Crippen LogP contribution in [0, 0.1) is 5.13 Å². The standard InChI is InChI=1S/C11H17FS/c1-7(2)8-6-13-10(12)9(8)11(3,4)5/h6-7H,1-5H3. The smallest absolute Gasteiger partial charge is 0.180 e. The van der Waals surface area contributed by atoms with Crippen LogP contribution in [-0.2, 0) is 5.41 Å². The zero-order valence-electron chi connectivity index (χ0n) is 8.94. The van der Waals surface area contributed by atoms with Crippen LogP contribution in [0.3, 0.4) is 0 Å². The van der Waals surface area contributed by atoms with E-state index in [2.05, 4.69) is 34.6 Å². The first-order chi connectivity index (χ1) is 5.84. The number of thiophene rings is 1. The van der Waals surface area contributed by atoms with E-state index in [1.54, 1.807) is 0 Å². The molecule has 0 unspecified atom stereocenters. The predicted octanol–water partition coefficient (Wildman–Crippen LogP) is 4.31. The zero-order valence-corrected chi connectivity index (χ0v) is 9.76. The molecular formula is C11H17FS. The summed E-state index contributed by atoms with van der Waals surface area (Å²) in [4.78, 5) is 0. The van der Waals surface area contributed by atoms with Crippen LogP contribution in [0.1, 0.15) is 51.7 Å². The Morgan fingerprint density at radius 2 is 1.85 bits per heavy atom. The van der Waals surface area contributed by atoms with Crippen molar-refractivity contribution in [3.8, 4) is 0 Å². The van der Waals surface area contributed by atoms with E-state index in [4.69, 9.17) is 0 Å². The molecule has 0 aliphatic heterocycles. The Kier molecular flexibility index (Phi) is 2.81. The van der Waals surface area contributed by atoms with Gasteiger partial charge in [0.2, 0.25) is 0 Å². The highest BCUT2D eigenvalue weighted by atomic mass is 32.1. The average Bonchev–Trinajstić information content (AvgIpc) is 2.28. The average molecular weight is 200 g/mol. The Morgan fingerprint density at radius 3 is 2.15 bits per heavy atom. The lowest BCUT2D eigenvalue weighted by molar-refractivity contribution is 0.529. The molecule has 1 aromatic heterocycles. The lowest BCUT2D eigenvalue weighted by Gasteiger charge is -2.21. The third kappa shape index (κ3) is 2.11. The minimum Gasteiger partial charge on any atom is -0.195 e. The van der Waals surface area contributed by atoms with Crippen molar-refractivity contribution in [2.24, 2.45) is 0 Å². The van der Waals surface area contributed by atoms with Gasteiger partial charge in [-0.05, 0) is 22.3 Å². The summed E-state index contributed by atoms with van der Waals surface area (Å²) in [6, 6.07) is 0. The largest absolute Gasteiger partial charge is 0.195 e. The highest BCUT2D eigenvalue weighted by Crippen LogP contribution is 2.36. The Morgan fingerprint density at radius 1 is 1.31 bits per heavy atom. The van der Waals surface area contributed by atoms with Crippen LogP contribution in [-0.4, -0.2) is 0 Å². The van der Waals surface area contributed by atoms with Crippen molar-refractivity contribution >= 4 is 11.3 Å². The van der Waals surface area contributed by atoms with E-state index in [1.807, 2.05) is 5.38 Å². The maximum Gasteiger partial charge on any atom is 0.180 e. The van der Waals surface area contributed by atoms with Gasteiger partial charge >= 0.3 is 0 Å². The van der Waals surface area contributed by atoms with Gasteiger partial charge < -0.3 is 0 Å². The zero-order chi connectivity index (χ0) is 10.2. The molecular weight excluding hydrogens is 183 g/mol. The van der Waals surface area contributed by atoms with Crippen molar-refractivity contribution in [1.29, 1.82) is 0 Å². The fourth-order valence-electron chi connectivity index (χ4n) is 1.50. The van der Waals surface area contributed by atoms with E-state index in [-0.39, 0.29) is 10.5 Å². The van der Waals surface area contributed by atoms with E-state index in [0.717, 1.165) is 11.1 Å². The first-order valence-corrected chi connectivity index (χ1v) is 5.49. The summed E-state index contributed by atoms with van der Waals surface area (Å²) in [6.45, 7) is 10.4. The van der Waals surface area contributed by atoms with Gasteiger partial charge in [-0.25, -0.2) is 0 Å². The molecule has 1 rings (SSSR count). The van der Waals surface area contributed by atoms with Crippen molar-refractivity contribution in [3.63, 3.8) is 0 Å². The van der Waals surface area contributed by atoms with Crippen LogP contribution in [0.2, 0.25) is 0 Å². The molecule has 0 aromatic carbocycles. The molecule has 0 amide bonds. The van der Waals surface area contributed by atoms with Crippen molar-refractivity contribution in [2.45, 2.75) is 46.0 Å². The van der Waals surface area contributed by atoms with E-state index in [0.29, 0.717) is 5.92 Å².